The van der Waals surface area contributed by atoms with Crippen molar-refractivity contribution in [2.75, 3.05) is 18.8 Å². The molecule has 1 aliphatic heterocycles. The number of carbonyl (C=O) groups is 1. The summed E-state index contributed by atoms with van der Waals surface area (Å²) in [6.07, 6.45) is 2.16. The van der Waals surface area contributed by atoms with Crippen molar-refractivity contribution in [2.24, 2.45) is 5.92 Å². The number of aromatic nitrogens is 4. The average molecular weight is 352 g/mol. The van der Waals surface area contributed by atoms with Gasteiger partial charge in [0, 0.05) is 18.1 Å². The molecule has 6 nitrogen and oxygen atoms in total. The van der Waals surface area contributed by atoms with Gasteiger partial charge < -0.3 is 4.90 Å². The molecule has 0 unspecified atom stereocenters. The predicted molar refractivity (Wildman–Crippen MR) is 89.9 cm³/mol. The van der Waals surface area contributed by atoms with Crippen molar-refractivity contribution in [3.8, 4) is 5.69 Å². The van der Waals surface area contributed by atoms with Crippen LogP contribution in [0.4, 0.5) is 0 Å². The summed E-state index contributed by atoms with van der Waals surface area (Å²) < 4.78 is 1.60. The van der Waals surface area contributed by atoms with Gasteiger partial charge in [-0.1, -0.05) is 36.4 Å². The van der Waals surface area contributed by atoms with Crippen LogP contribution in [0.3, 0.4) is 0 Å². The number of benzene rings is 1. The quantitative estimate of drug-likeness (QED) is 0.792. The van der Waals surface area contributed by atoms with Gasteiger partial charge in [-0.15, -0.1) is 5.10 Å². The maximum absolute atomic E-state index is 12.3. The first-order valence-electron chi connectivity index (χ1n) is 7.58. The summed E-state index contributed by atoms with van der Waals surface area (Å²) in [6, 6.07) is 7.30. The molecule has 0 atom stereocenters. The maximum atomic E-state index is 12.3. The second-order valence-corrected chi connectivity index (χ2v) is 7.08. The number of hydrogen-bond acceptors (Lipinski definition) is 5. The summed E-state index contributed by atoms with van der Waals surface area (Å²) in [6.45, 7) is 3.93. The third kappa shape index (κ3) is 4.03. The van der Waals surface area contributed by atoms with Crippen molar-refractivity contribution in [3.05, 3.63) is 29.3 Å². The number of nitrogens with zero attached hydrogens (tertiary/aromatic N) is 5. The molecule has 122 valence electrons. The van der Waals surface area contributed by atoms with Gasteiger partial charge in [-0.25, -0.2) is 0 Å². The number of tetrazole rings is 1. The van der Waals surface area contributed by atoms with E-state index in [0.29, 0.717) is 21.8 Å². The molecule has 0 aliphatic carbocycles. The third-order valence-electron chi connectivity index (χ3n) is 3.95. The van der Waals surface area contributed by atoms with Gasteiger partial charge in [0.05, 0.1) is 11.4 Å². The molecule has 0 spiro atoms. The van der Waals surface area contributed by atoms with Crippen LogP contribution in [0.15, 0.2) is 29.4 Å². The lowest BCUT2D eigenvalue weighted by atomic mass is 9.99. The molecule has 0 radical (unpaired) electrons. The smallest absolute Gasteiger partial charge is 0.233 e. The molecule has 2 aromatic rings. The minimum Gasteiger partial charge on any atom is -0.342 e. The van der Waals surface area contributed by atoms with Crippen LogP contribution in [0.1, 0.15) is 19.8 Å². The van der Waals surface area contributed by atoms with E-state index in [0.717, 1.165) is 31.6 Å². The molecule has 1 aromatic carbocycles. The Morgan fingerprint density at radius 1 is 1.39 bits per heavy atom. The normalized spacial score (nSPS) is 15.8. The molecule has 1 amide bonds. The molecule has 3 rings (SSSR count). The van der Waals surface area contributed by atoms with Gasteiger partial charge in [-0.3, -0.25) is 4.79 Å². The highest BCUT2D eigenvalue weighted by atomic mass is 35.5. The standard InChI is InChI=1S/C15H18ClN5OS/c1-11-5-7-20(8-6-11)14(22)10-23-15-17-18-19-21(15)13-4-2-3-12(16)9-13/h2-4,9,11H,5-8,10H2,1H3. The second-order valence-electron chi connectivity index (χ2n) is 5.71. The first-order valence-corrected chi connectivity index (χ1v) is 8.95. The number of piperidine rings is 1. The summed E-state index contributed by atoms with van der Waals surface area (Å²) in [5.74, 6) is 1.19. The highest BCUT2D eigenvalue weighted by molar-refractivity contribution is 7.99. The molecule has 1 fully saturated rings. The summed E-state index contributed by atoms with van der Waals surface area (Å²) in [4.78, 5) is 14.2. The first-order chi connectivity index (χ1) is 11.1. The van der Waals surface area contributed by atoms with Crippen LogP contribution in [0, 0.1) is 5.92 Å². The average Bonchev–Trinajstić information content (AvgIpc) is 3.02. The molecule has 0 saturated carbocycles. The lowest BCUT2D eigenvalue weighted by molar-refractivity contribution is -0.129. The largest absolute Gasteiger partial charge is 0.342 e. The zero-order valence-corrected chi connectivity index (χ0v) is 14.4. The van der Waals surface area contributed by atoms with Crippen LogP contribution in [-0.4, -0.2) is 49.9 Å². The van der Waals surface area contributed by atoms with Crippen molar-refractivity contribution in [2.45, 2.75) is 24.9 Å². The van der Waals surface area contributed by atoms with E-state index in [-0.39, 0.29) is 5.91 Å². The Hall–Kier alpha value is -1.60. The summed E-state index contributed by atoms with van der Waals surface area (Å²) >= 11 is 7.35. The van der Waals surface area contributed by atoms with Gasteiger partial charge in [0.1, 0.15) is 0 Å². The number of hydrogen-bond donors (Lipinski definition) is 0. The molecular weight excluding hydrogens is 334 g/mol. The van der Waals surface area contributed by atoms with E-state index >= 15 is 0 Å². The molecule has 0 N–H and O–H groups in total. The number of amides is 1. The molecule has 8 heteroatoms. The van der Waals surface area contributed by atoms with Crippen molar-refractivity contribution in [3.63, 3.8) is 0 Å². The highest BCUT2D eigenvalue weighted by Crippen LogP contribution is 2.22. The number of likely N-dealkylation sites (tertiary alicyclic amines) is 1. The number of halogens is 1. The lowest BCUT2D eigenvalue weighted by Crippen LogP contribution is -2.38. The van der Waals surface area contributed by atoms with E-state index in [1.165, 1.54) is 11.8 Å². The van der Waals surface area contributed by atoms with Crippen LogP contribution in [0.5, 0.6) is 0 Å². The maximum Gasteiger partial charge on any atom is 0.233 e. The van der Waals surface area contributed by atoms with Gasteiger partial charge in [0.15, 0.2) is 0 Å². The van der Waals surface area contributed by atoms with Crippen LogP contribution in [0.2, 0.25) is 5.02 Å². The molecular formula is C15H18ClN5OS. The van der Waals surface area contributed by atoms with E-state index in [4.69, 9.17) is 11.6 Å². The highest BCUT2D eigenvalue weighted by Gasteiger charge is 2.21. The lowest BCUT2D eigenvalue weighted by Gasteiger charge is -2.30. The van der Waals surface area contributed by atoms with Crippen LogP contribution >= 0.6 is 23.4 Å². The Bertz CT molecular complexity index is 684. The zero-order valence-electron chi connectivity index (χ0n) is 12.9. The van der Waals surface area contributed by atoms with Crippen LogP contribution < -0.4 is 0 Å². The van der Waals surface area contributed by atoms with E-state index in [2.05, 4.69) is 22.4 Å². The van der Waals surface area contributed by atoms with E-state index in [9.17, 15) is 4.79 Å². The summed E-state index contributed by atoms with van der Waals surface area (Å²) in [5.41, 5.74) is 0.782. The fraction of sp³-hybridized carbons (Fsp3) is 0.467. The fourth-order valence-corrected chi connectivity index (χ4v) is 3.49. The summed E-state index contributed by atoms with van der Waals surface area (Å²) in [5, 5.41) is 12.9. The minimum atomic E-state index is 0.141. The topological polar surface area (TPSA) is 63.9 Å². The van der Waals surface area contributed by atoms with Gasteiger partial charge in [0.2, 0.25) is 11.1 Å². The fourth-order valence-electron chi connectivity index (χ4n) is 2.51. The van der Waals surface area contributed by atoms with Crippen molar-refractivity contribution < 1.29 is 4.79 Å². The molecule has 1 aromatic heterocycles. The second kappa shape index (κ2) is 7.31. The van der Waals surface area contributed by atoms with Crippen LogP contribution in [-0.2, 0) is 4.79 Å². The van der Waals surface area contributed by atoms with E-state index in [1.807, 2.05) is 17.0 Å². The van der Waals surface area contributed by atoms with Crippen LogP contribution in [0.25, 0.3) is 5.69 Å². The van der Waals surface area contributed by atoms with E-state index < -0.39 is 0 Å². The van der Waals surface area contributed by atoms with Gasteiger partial charge in [0.25, 0.3) is 0 Å². The Morgan fingerprint density at radius 3 is 2.91 bits per heavy atom. The number of thioether (sulfide) groups is 1. The zero-order chi connectivity index (χ0) is 16.2. The third-order valence-corrected chi connectivity index (χ3v) is 5.09. The SMILES string of the molecule is CC1CCN(C(=O)CSc2nnnn2-c2cccc(Cl)c2)CC1. The monoisotopic (exact) mass is 351 g/mol. The van der Waals surface area contributed by atoms with Gasteiger partial charge in [-0.2, -0.15) is 4.68 Å². The first kappa shape index (κ1) is 16.3. The Labute approximate surface area is 144 Å². The van der Waals surface area contributed by atoms with E-state index in [1.54, 1.807) is 16.8 Å². The summed E-state index contributed by atoms with van der Waals surface area (Å²) in [7, 11) is 0. The van der Waals surface area contributed by atoms with Crippen molar-refractivity contribution >= 4 is 29.3 Å². The molecule has 2 heterocycles. The predicted octanol–water partition coefficient (Wildman–Crippen LogP) is 2.67. The van der Waals surface area contributed by atoms with Gasteiger partial charge in [-0.05, 0) is 47.4 Å². The minimum absolute atomic E-state index is 0.141. The molecule has 1 aliphatic rings. The van der Waals surface area contributed by atoms with Crippen molar-refractivity contribution in [1.82, 2.24) is 25.1 Å². The molecule has 0 bridgehead atoms. The Kier molecular flexibility index (Phi) is 5.17. The number of rotatable bonds is 4. The molecule has 23 heavy (non-hydrogen) atoms. The van der Waals surface area contributed by atoms with Gasteiger partial charge >= 0.3 is 0 Å². The van der Waals surface area contributed by atoms with Crippen molar-refractivity contribution in [1.29, 1.82) is 0 Å². The Morgan fingerprint density at radius 2 is 2.17 bits per heavy atom. The molecule has 1 saturated heterocycles. The number of carbonyl (C=O) groups excluding carboxylic acids is 1. The Balaban J connectivity index is 1.63.